The van der Waals surface area contributed by atoms with Crippen LogP contribution >= 0.6 is 12.2 Å². The summed E-state index contributed by atoms with van der Waals surface area (Å²) < 4.78 is 53.3. The van der Waals surface area contributed by atoms with E-state index in [1.54, 1.807) is 6.92 Å². The Balaban J connectivity index is 2.50. The van der Waals surface area contributed by atoms with Gasteiger partial charge in [-0.1, -0.05) is 12.2 Å². The van der Waals surface area contributed by atoms with Crippen molar-refractivity contribution < 1.29 is 17.6 Å². The van der Waals surface area contributed by atoms with Crippen molar-refractivity contribution in [2.24, 2.45) is 5.73 Å². The lowest BCUT2D eigenvalue weighted by Gasteiger charge is -2.10. The Kier molecular flexibility index (Phi) is 4.03. The summed E-state index contributed by atoms with van der Waals surface area (Å²) in [6.07, 6.45) is 0. The van der Waals surface area contributed by atoms with E-state index in [9.17, 15) is 17.6 Å². The molecule has 1 heterocycles. The van der Waals surface area contributed by atoms with Crippen LogP contribution in [0.4, 0.5) is 29.2 Å². The lowest BCUT2D eigenvalue weighted by atomic mass is 10.2. The first kappa shape index (κ1) is 15.1. The third-order valence-electron chi connectivity index (χ3n) is 2.46. The van der Waals surface area contributed by atoms with Gasteiger partial charge in [0.2, 0.25) is 5.95 Å². The molecule has 0 spiro atoms. The van der Waals surface area contributed by atoms with Crippen LogP contribution in [-0.4, -0.2) is 15.0 Å². The van der Waals surface area contributed by atoms with Gasteiger partial charge < -0.3 is 11.1 Å². The molecule has 2 aromatic rings. The van der Waals surface area contributed by atoms with Gasteiger partial charge in [0.05, 0.1) is 0 Å². The molecule has 4 nitrogen and oxygen atoms in total. The number of hydrogen-bond acceptors (Lipinski definition) is 4. The molecule has 0 unspecified atom stereocenters. The van der Waals surface area contributed by atoms with E-state index in [4.69, 9.17) is 18.0 Å². The van der Waals surface area contributed by atoms with Crippen molar-refractivity contribution in [2.75, 3.05) is 5.32 Å². The molecule has 0 radical (unpaired) electrons. The second-order valence-corrected chi connectivity index (χ2v) is 4.49. The van der Waals surface area contributed by atoms with Gasteiger partial charge in [-0.25, -0.2) is 27.5 Å². The third-order valence-corrected chi connectivity index (χ3v) is 2.66. The van der Waals surface area contributed by atoms with Crippen molar-refractivity contribution in [1.29, 1.82) is 0 Å². The first-order chi connectivity index (χ1) is 9.79. The highest BCUT2D eigenvalue weighted by Gasteiger charge is 2.20. The zero-order valence-corrected chi connectivity index (χ0v) is 11.4. The van der Waals surface area contributed by atoms with Crippen molar-refractivity contribution in [3.63, 3.8) is 0 Å². The molecule has 0 aliphatic rings. The highest BCUT2D eigenvalue weighted by molar-refractivity contribution is 7.80. The standard InChI is InChI=1S/C12H8F4N4S/c1-4-2-7(11(17)21)19-12(18-4)20-10-8(15)5(13)3-6(14)9(10)16/h2-3H,1H3,(H2,17,21)(H,18,19,20). The van der Waals surface area contributed by atoms with Gasteiger partial charge in [0.25, 0.3) is 0 Å². The molecule has 1 aromatic carbocycles. The smallest absolute Gasteiger partial charge is 0.228 e. The monoisotopic (exact) mass is 316 g/mol. The molecule has 0 aliphatic heterocycles. The summed E-state index contributed by atoms with van der Waals surface area (Å²) in [7, 11) is 0. The Morgan fingerprint density at radius 2 is 1.67 bits per heavy atom. The lowest BCUT2D eigenvalue weighted by Crippen LogP contribution is -2.14. The van der Waals surface area contributed by atoms with Crippen LogP contribution in [0, 0.1) is 30.2 Å². The fourth-order valence-corrected chi connectivity index (χ4v) is 1.65. The van der Waals surface area contributed by atoms with Crippen LogP contribution in [0.3, 0.4) is 0 Å². The molecular weight excluding hydrogens is 308 g/mol. The molecule has 3 N–H and O–H groups in total. The summed E-state index contributed by atoms with van der Waals surface area (Å²) in [5, 5.41) is 2.09. The quantitative estimate of drug-likeness (QED) is 0.518. The topological polar surface area (TPSA) is 63.8 Å². The van der Waals surface area contributed by atoms with Crippen molar-refractivity contribution in [1.82, 2.24) is 9.97 Å². The molecule has 0 bridgehead atoms. The number of aromatic nitrogens is 2. The number of rotatable bonds is 3. The summed E-state index contributed by atoms with van der Waals surface area (Å²) in [6.45, 7) is 1.56. The van der Waals surface area contributed by atoms with Gasteiger partial charge in [0, 0.05) is 11.8 Å². The molecule has 1 aromatic heterocycles. The fourth-order valence-electron chi connectivity index (χ4n) is 1.55. The van der Waals surface area contributed by atoms with E-state index >= 15 is 0 Å². The number of halogens is 4. The highest BCUT2D eigenvalue weighted by Crippen LogP contribution is 2.26. The van der Waals surface area contributed by atoms with Crippen molar-refractivity contribution in [3.8, 4) is 0 Å². The van der Waals surface area contributed by atoms with E-state index in [1.165, 1.54) is 6.07 Å². The minimum Gasteiger partial charge on any atom is -0.388 e. The predicted octanol–water partition coefficient (Wildman–Crippen LogP) is 2.72. The molecule has 0 amide bonds. The van der Waals surface area contributed by atoms with E-state index < -0.39 is 29.0 Å². The number of nitrogens with two attached hydrogens (primary N) is 1. The largest absolute Gasteiger partial charge is 0.388 e. The second kappa shape index (κ2) is 5.60. The van der Waals surface area contributed by atoms with Crippen LogP contribution < -0.4 is 11.1 Å². The Labute approximate surface area is 122 Å². The zero-order valence-electron chi connectivity index (χ0n) is 10.5. The maximum Gasteiger partial charge on any atom is 0.228 e. The number of nitrogens with one attached hydrogen (secondary N) is 1. The van der Waals surface area contributed by atoms with Crippen LogP contribution in [-0.2, 0) is 0 Å². The van der Waals surface area contributed by atoms with Gasteiger partial charge in [0.1, 0.15) is 16.4 Å². The van der Waals surface area contributed by atoms with Crippen molar-refractivity contribution in [3.05, 3.63) is 46.8 Å². The number of nitrogens with zero attached hydrogens (tertiary/aromatic N) is 2. The third kappa shape index (κ3) is 3.07. The number of benzene rings is 1. The second-order valence-electron chi connectivity index (χ2n) is 4.05. The minimum absolute atomic E-state index is 0.0603. The SMILES string of the molecule is Cc1cc(C(N)=S)nc(Nc2c(F)c(F)cc(F)c2F)n1. The lowest BCUT2D eigenvalue weighted by molar-refractivity contribution is 0.459. The van der Waals surface area contributed by atoms with E-state index in [0.29, 0.717) is 5.69 Å². The molecular formula is C12H8F4N4S. The summed E-state index contributed by atoms with van der Waals surface area (Å²) >= 11 is 4.73. The summed E-state index contributed by atoms with van der Waals surface area (Å²) in [4.78, 5) is 7.58. The molecule has 0 saturated carbocycles. The highest BCUT2D eigenvalue weighted by atomic mass is 32.1. The predicted molar refractivity (Wildman–Crippen MR) is 72.2 cm³/mol. The Morgan fingerprint density at radius 1 is 1.10 bits per heavy atom. The molecule has 2 rings (SSSR count). The van der Waals surface area contributed by atoms with Crippen molar-refractivity contribution in [2.45, 2.75) is 6.92 Å². The van der Waals surface area contributed by atoms with Crippen LogP contribution in [0.5, 0.6) is 0 Å². The molecule has 0 saturated heterocycles. The molecule has 21 heavy (non-hydrogen) atoms. The minimum atomic E-state index is -1.59. The van der Waals surface area contributed by atoms with Crippen LogP contribution in [0.15, 0.2) is 12.1 Å². The number of aryl methyl sites for hydroxylation is 1. The van der Waals surface area contributed by atoms with Crippen LogP contribution in [0.25, 0.3) is 0 Å². The van der Waals surface area contributed by atoms with E-state index in [2.05, 4.69) is 15.3 Å². The van der Waals surface area contributed by atoms with Gasteiger partial charge in [-0.15, -0.1) is 0 Å². The zero-order chi connectivity index (χ0) is 15.7. The van der Waals surface area contributed by atoms with Gasteiger partial charge >= 0.3 is 0 Å². The number of thiocarbonyl (C=S) groups is 1. The molecule has 0 fully saturated rings. The first-order valence-electron chi connectivity index (χ1n) is 5.55. The van der Waals surface area contributed by atoms with Crippen LogP contribution in [0.1, 0.15) is 11.4 Å². The Bertz CT molecular complexity index is 709. The normalized spacial score (nSPS) is 10.5. The van der Waals surface area contributed by atoms with Crippen molar-refractivity contribution >= 4 is 28.8 Å². The van der Waals surface area contributed by atoms with E-state index in [0.717, 1.165) is 0 Å². The molecule has 110 valence electrons. The average Bonchev–Trinajstić information content (AvgIpc) is 2.41. The van der Waals surface area contributed by atoms with E-state index in [1.807, 2.05) is 0 Å². The Morgan fingerprint density at radius 3 is 2.19 bits per heavy atom. The number of hydrogen-bond donors (Lipinski definition) is 2. The number of anilines is 2. The first-order valence-corrected chi connectivity index (χ1v) is 5.96. The fraction of sp³-hybridized carbons (Fsp3) is 0.0833. The summed E-state index contributed by atoms with van der Waals surface area (Å²) in [5.74, 6) is -6.55. The van der Waals surface area contributed by atoms with Gasteiger partial charge in [-0.3, -0.25) is 0 Å². The average molecular weight is 316 g/mol. The Hall–Kier alpha value is -2.29. The maximum atomic E-state index is 13.5. The maximum absolute atomic E-state index is 13.5. The van der Waals surface area contributed by atoms with Gasteiger partial charge in [-0.05, 0) is 13.0 Å². The molecule has 0 atom stereocenters. The van der Waals surface area contributed by atoms with Crippen LogP contribution in [0.2, 0.25) is 0 Å². The van der Waals surface area contributed by atoms with Gasteiger partial charge in [0.15, 0.2) is 23.3 Å². The summed E-state index contributed by atoms with van der Waals surface area (Å²) in [6, 6.07) is 1.56. The van der Waals surface area contributed by atoms with Gasteiger partial charge in [-0.2, -0.15) is 0 Å². The summed E-state index contributed by atoms with van der Waals surface area (Å²) in [5.41, 5.74) is 4.91. The molecule has 9 heteroatoms. The molecule has 0 aliphatic carbocycles. The van der Waals surface area contributed by atoms with E-state index in [-0.39, 0.29) is 22.7 Å².